The minimum atomic E-state index is 0.0215. The number of rotatable bonds is 5. The van der Waals surface area contributed by atoms with Gasteiger partial charge in [0.15, 0.2) is 0 Å². The van der Waals surface area contributed by atoms with Gasteiger partial charge in [0.05, 0.1) is 23.4 Å². The summed E-state index contributed by atoms with van der Waals surface area (Å²) in [6.45, 7) is 2.63. The molecule has 4 nitrogen and oxygen atoms in total. The Labute approximate surface area is 129 Å². The van der Waals surface area contributed by atoms with Crippen LogP contribution in [0, 0.1) is 0 Å². The smallest absolute Gasteiger partial charge is 0.222 e. The number of fused-ring (bicyclic) bond motifs is 1. The second-order valence-corrected chi connectivity index (χ2v) is 5.38. The molecule has 0 radical (unpaired) electrons. The molecule has 4 heteroatoms. The Balaban J connectivity index is 1.58. The average Bonchev–Trinajstić information content (AvgIpc) is 2.97. The van der Waals surface area contributed by atoms with Crippen molar-refractivity contribution >= 4 is 16.9 Å². The molecule has 22 heavy (non-hydrogen) atoms. The number of para-hydroxylation sites is 2. The van der Waals surface area contributed by atoms with Crippen molar-refractivity contribution in [3.8, 4) is 0 Å². The van der Waals surface area contributed by atoms with Gasteiger partial charge in [-0.3, -0.25) is 4.79 Å². The summed E-state index contributed by atoms with van der Waals surface area (Å²) in [7, 11) is 0. The largest absolute Gasteiger partial charge is 0.350 e. The first-order valence-electron chi connectivity index (χ1n) is 7.48. The maximum absolute atomic E-state index is 12.1. The number of aryl methyl sites for hydroxylation is 1. The van der Waals surface area contributed by atoms with Crippen molar-refractivity contribution in [3.63, 3.8) is 0 Å². The molecule has 0 aliphatic heterocycles. The van der Waals surface area contributed by atoms with Gasteiger partial charge < -0.3 is 9.88 Å². The number of imidazole rings is 1. The Kier molecular flexibility index (Phi) is 4.19. The number of aromatic nitrogens is 2. The molecule has 0 saturated carbocycles. The van der Waals surface area contributed by atoms with Gasteiger partial charge in [-0.2, -0.15) is 0 Å². The molecule has 1 atom stereocenters. The SMILES string of the molecule is CC(NC(=O)CCn1cnc2ccccc21)c1ccccc1. The molecule has 3 rings (SSSR count). The quantitative estimate of drug-likeness (QED) is 0.784. The van der Waals surface area contributed by atoms with Crippen LogP contribution in [0.25, 0.3) is 11.0 Å². The van der Waals surface area contributed by atoms with Crippen LogP contribution < -0.4 is 5.32 Å². The molecule has 112 valence electrons. The summed E-state index contributed by atoms with van der Waals surface area (Å²) in [6.07, 6.45) is 2.23. The highest BCUT2D eigenvalue weighted by Gasteiger charge is 2.10. The van der Waals surface area contributed by atoms with E-state index in [0.717, 1.165) is 16.6 Å². The third-order valence-electron chi connectivity index (χ3n) is 3.78. The molecule has 0 bridgehead atoms. The van der Waals surface area contributed by atoms with Crippen molar-refractivity contribution in [2.75, 3.05) is 0 Å². The molecule has 1 unspecified atom stereocenters. The van der Waals surface area contributed by atoms with E-state index in [1.807, 2.05) is 66.1 Å². The monoisotopic (exact) mass is 293 g/mol. The highest BCUT2D eigenvalue weighted by molar-refractivity contribution is 5.77. The van der Waals surface area contributed by atoms with E-state index in [0.29, 0.717) is 13.0 Å². The number of benzene rings is 2. The lowest BCUT2D eigenvalue weighted by Gasteiger charge is -2.14. The second kappa shape index (κ2) is 6.43. The van der Waals surface area contributed by atoms with E-state index < -0.39 is 0 Å². The number of nitrogens with zero attached hydrogens (tertiary/aromatic N) is 2. The molecular weight excluding hydrogens is 274 g/mol. The summed E-state index contributed by atoms with van der Waals surface area (Å²) in [6, 6.07) is 18.0. The zero-order valence-corrected chi connectivity index (χ0v) is 12.6. The number of hydrogen-bond donors (Lipinski definition) is 1. The summed E-state index contributed by atoms with van der Waals surface area (Å²) < 4.78 is 2.02. The first-order chi connectivity index (χ1) is 10.7. The predicted molar refractivity (Wildman–Crippen MR) is 87.3 cm³/mol. The van der Waals surface area contributed by atoms with Gasteiger partial charge in [-0.05, 0) is 24.6 Å². The van der Waals surface area contributed by atoms with Crippen molar-refractivity contribution < 1.29 is 4.79 Å². The third-order valence-corrected chi connectivity index (χ3v) is 3.78. The van der Waals surface area contributed by atoms with Crippen LogP contribution in [0.1, 0.15) is 24.9 Å². The molecule has 1 aromatic heterocycles. The number of carbonyl (C=O) groups excluding carboxylic acids is 1. The topological polar surface area (TPSA) is 46.9 Å². The van der Waals surface area contributed by atoms with Gasteiger partial charge in [0.25, 0.3) is 0 Å². The van der Waals surface area contributed by atoms with Crippen LogP contribution in [-0.4, -0.2) is 15.5 Å². The van der Waals surface area contributed by atoms with Crippen LogP contribution in [0.15, 0.2) is 60.9 Å². The number of carbonyl (C=O) groups is 1. The molecule has 0 aliphatic rings. The minimum absolute atomic E-state index is 0.0215. The Morgan fingerprint density at radius 2 is 1.86 bits per heavy atom. The molecule has 0 fully saturated rings. The second-order valence-electron chi connectivity index (χ2n) is 5.38. The Bertz CT molecular complexity index is 764. The molecule has 1 amide bonds. The Hall–Kier alpha value is -2.62. The molecule has 2 aromatic carbocycles. The highest BCUT2D eigenvalue weighted by Crippen LogP contribution is 2.13. The van der Waals surface area contributed by atoms with Gasteiger partial charge in [-0.25, -0.2) is 4.98 Å². The van der Waals surface area contributed by atoms with Crippen molar-refractivity contribution in [1.82, 2.24) is 14.9 Å². The number of nitrogens with one attached hydrogen (secondary N) is 1. The predicted octanol–water partition coefficient (Wildman–Crippen LogP) is 3.30. The number of hydrogen-bond acceptors (Lipinski definition) is 2. The van der Waals surface area contributed by atoms with Crippen molar-refractivity contribution in [1.29, 1.82) is 0 Å². The van der Waals surface area contributed by atoms with Gasteiger partial charge >= 0.3 is 0 Å². The zero-order valence-electron chi connectivity index (χ0n) is 12.6. The molecule has 0 saturated heterocycles. The van der Waals surface area contributed by atoms with Crippen molar-refractivity contribution in [3.05, 3.63) is 66.5 Å². The summed E-state index contributed by atoms with van der Waals surface area (Å²) in [5, 5.41) is 3.03. The van der Waals surface area contributed by atoms with E-state index in [1.54, 1.807) is 6.33 Å². The molecule has 0 spiro atoms. The van der Waals surface area contributed by atoms with E-state index in [2.05, 4.69) is 10.3 Å². The average molecular weight is 293 g/mol. The maximum Gasteiger partial charge on any atom is 0.222 e. The lowest BCUT2D eigenvalue weighted by Crippen LogP contribution is -2.27. The van der Waals surface area contributed by atoms with Crippen LogP contribution in [0.3, 0.4) is 0 Å². The molecule has 0 aliphatic carbocycles. The van der Waals surface area contributed by atoms with Gasteiger partial charge in [-0.1, -0.05) is 42.5 Å². The highest BCUT2D eigenvalue weighted by atomic mass is 16.1. The van der Waals surface area contributed by atoms with Crippen LogP contribution >= 0.6 is 0 Å². The Morgan fingerprint density at radius 3 is 2.68 bits per heavy atom. The van der Waals surface area contributed by atoms with E-state index >= 15 is 0 Å². The minimum Gasteiger partial charge on any atom is -0.350 e. The van der Waals surface area contributed by atoms with Gasteiger partial charge in [0, 0.05) is 13.0 Å². The van der Waals surface area contributed by atoms with E-state index in [9.17, 15) is 4.79 Å². The first-order valence-corrected chi connectivity index (χ1v) is 7.48. The normalized spacial score (nSPS) is 12.2. The lowest BCUT2D eigenvalue weighted by atomic mass is 10.1. The van der Waals surface area contributed by atoms with E-state index in [4.69, 9.17) is 0 Å². The summed E-state index contributed by atoms with van der Waals surface area (Å²) >= 11 is 0. The number of amides is 1. The molecule has 1 heterocycles. The van der Waals surface area contributed by atoms with E-state index in [-0.39, 0.29) is 11.9 Å². The van der Waals surface area contributed by atoms with Crippen molar-refractivity contribution in [2.45, 2.75) is 25.9 Å². The van der Waals surface area contributed by atoms with Crippen molar-refractivity contribution in [2.24, 2.45) is 0 Å². The Morgan fingerprint density at radius 1 is 1.14 bits per heavy atom. The summed E-state index contributed by atoms with van der Waals surface area (Å²) in [5.41, 5.74) is 3.14. The molecule has 1 N–H and O–H groups in total. The molecule has 3 aromatic rings. The third kappa shape index (κ3) is 3.17. The van der Waals surface area contributed by atoms with Crippen LogP contribution in [0.4, 0.5) is 0 Å². The van der Waals surface area contributed by atoms with Crippen LogP contribution in [0.2, 0.25) is 0 Å². The summed E-state index contributed by atoms with van der Waals surface area (Å²) in [5.74, 6) is 0.0501. The molecular formula is C18H19N3O. The first kappa shape index (κ1) is 14.3. The van der Waals surface area contributed by atoms with Crippen LogP contribution in [-0.2, 0) is 11.3 Å². The fraction of sp³-hybridized carbons (Fsp3) is 0.222. The van der Waals surface area contributed by atoms with Gasteiger partial charge in [0.2, 0.25) is 5.91 Å². The van der Waals surface area contributed by atoms with Gasteiger partial charge in [0.1, 0.15) is 0 Å². The zero-order chi connectivity index (χ0) is 15.4. The fourth-order valence-corrected chi connectivity index (χ4v) is 2.55. The van der Waals surface area contributed by atoms with Crippen LogP contribution in [0.5, 0.6) is 0 Å². The summed E-state index contributed by atoms with van der Waals surface area (Å²) in [4.78, 5) is 16.4. The lowest BCUT2D eigenvalue weighted by molar-refractivity contribution is -0.121. The fourth-order valence-electron chi connectivity index (χ4n) is 2.55. The van der Waals surface area contributed by atoms with Gasteiger partial charge in [-0.15, -0.1) is 0 Å². The standard InChI is InChI=1S/C18H19N3O/c1-14(15-7-3-2-4-8-15)20-18(22)11-12-21-13-19-16-9-5-6-10-17(16)21/h2-10,13-14H,11-12H2,1H3,(H,20,22). The van der Waals surface area contributed by atoms with E-state index in [1.165, 1.54) is 0 Å². The maximum atomic E-state index is 12.1.